The molecule has 2 saturated heterocycles. The summed E-state index contributed by atoms with van der Waals surface area (Å²) in [7, 11) is 0. The summed E-state index contributed by atoms with van der Waals surface area (Å²) in [5, 5.41) is 0.764. The Labute approximate surface area is 196 Å². The number of carbonyl (C=O) groups is 1. The van der Waals surface area contributed by atoms with Crippen LogP contribution in [0.2, 0.25) is 5.02 Å². The molecule has 4 rings (SSSR count). The maximum atomic E-state index is 13.2. The Morgan fingerprint density at radius 1 is 1.06 bits per heavy atom. The van der Waals surface area contributed by atoms with Crippen molar-refractivity contribution in [3.05, 3.63) is 64.8 Å². The van der Waals surface area contributed by atoms with Gasteiger partial charge in [0.2, 0.25) is 5.91 Å². The molecule has 2 aromatic rings. The predicted molar refractivity (Wildman–Crippen MR) is 131 cm³/mol. The topological polar surface area (TPSA) is 62.5 Å². The van der Waals surface area contributed by atoms with Crippen molar-refractivity contribution in [2.24, 2.45) is 11.8 Å². The number of nitrogens with zero attached hydrogens (tertiary/aromatic N) is 3. The van der Waals surface area contributed by atoms with Gasteiger partial charge in [0.25, 0.3) is 0 Å². The Hall–Kier alpha value is -2.37. The molecular formula is C26H33ClN4O. The van der Waals surface area contributed by atoms with E-state index in [1.807, 2.05) is 24.3 Å². The molecule has 1 amide bonds. The van der Waals surface area contributed by atoms with E-state index in [-0.39, 0.29) is 5.92 Å². The molecule has 0 atom stereocenters. The molecule has 2 aliphatic rings. The van der Waals surface area contributed by atoms with Crippen LogP contribution in [0, 0.1) is 11.8 Å². The van der Waals surface area contributed by atoms with E-state index < -0.39 is 0 Å². The molecule has 1 aromatic carbocycles. The van der Waals surface area contributed by atoms with E-state index in [0.717, 1.165) is 63.4 Å². The van der Waals surface area contributed by atoms with Gasteiger partial charge in [0.1, 0.15) is 5.82 Å². The van der Waals surface area contributed by atoms with Crippen molar-refractivity contribution in [3.8, 4) is 0 Å². The minimum absolute atomic E-state index is 0.155. The number of rotatable bonds is 5. The molecule has 5 nitrogen and oxygen atoms in total. The molecule has 2 N–H and O–H groups in total. The van der Waals surface area contributed by atoms with E-state index in [1.165, 1.54) is 16.7 Å². The highest BCUT2D eigenvalue weighted by Crippen LogP contribution is 2.33. The number of nitrogens with two attached hydrogens (primary N) is 1. The van der Waals surface area contributed by atoms with Gasteiger partial charge in [0.05, 0.1) is 0 Å². The number of likely N-dealkylation sites (tertiary alicyclic amines) is 2. The first-order chi connectivity index (χ1) is 15.5. The first kappa shape index (κ1) is 22.8. The average Bonchev–Trinajstić information content (AvgIpc) is 2.81. The molecule has 6 heteroatoms. The van der Waals surface area contributed by atoms with Crippen molar-refractivity contribution in [1.29, 1.82) is 0 Å². The lowest BCUT2D eigenvalue weighted by Gasteiger charge is -2.38. The van der Waals surface area contributed by atoms with Crippen LogP contribution in [-0.2, 0) is 11.3 Å². The van der Waals surface area contributed by atoms with Crippen LogP contribution in [0.5, 0.6) is 0 Å². The van der Waals surface area contributed by atoms with Crippen molar-refractivity contribution in [2.75, 3.05) is 31.9 Å². The molecule has 0 bridgehead atoms. The van der Waals surface area contributed by atoms with Gasteiger partial charge in [-0.25, -0.2) is 4.98 Å². The maximum Gasteiger partial charge on any atom is 0.225 e. The van der Waals surface area contributed by atoms with Crippen LogP contribution in [0.4, 0.5) is 5.82 Å². The third-order valence-corrected chi connectivity index (χ3v) is 7.18. The standard InChI is InChI=1S/C26H33ClN4O/c1-2-24(20-3-5-23(27)6-4-20)21-10-15-31(16-11-21)26(32)22-8-13-30(14-9-22)18-19-7-12-29-25(28)17-19/h2-7,12,17,21-22H,8-11,13-16,18H2,1H3,(H2,28,29)/b24-2-. The molecule has 0 saturated carbocycles. The van der Waals surface area contributed by atoms with Crippen molar-refractivity contribution in [2.45, 2.75) is 39.2 Å². The van der Waals surface area contributed by atoms with Gasteiger partial charge in [-0.3, -0.25) is 9.69 Å². The molecule has 0 aliphatic carbocycles. The first-order valence-corrected chi connectivity index (χ1v) is 12.0. The summed E-state index contributed by atoms with van der Waals surface area (Å²) in [4.78, 5) is 21.8. The third kappa shape index (κ3) is 5.51. The Morgan fingerprint density at radius 3 is 2.34 bits per heavy atom. The summed E-state index contributed by atoms with van der Waals surface area (Å²) in [6.45, 7) is 6.59. The van der Waals surface area contributed by atoms with Crippen LogP contribution >= 0.6 is 11.6 Å². The normalized spacial score (nSPS) is 19.3. The molecule has 3 heterocycles. The summed E-state index contributed by atoms with van der Waals surface area (Å²) in [6.07, 6.45) is 7.90. The monoisotopic (exact) mass is 452 g/mol. The van der Waals surface area contributed by atoms with Crippen LogP contribution in [0.1, 0.15) is 43.7 Å². The summed E-state index contributed by atoms with van der Waals surface area (Å²) in [5.41, 5.74) is 9.60. The van der Waals surface area contributed by atoms with Crippen LogP contribution in [0.25, 0.3) is 5.57 Å². The predicted octanol–water partition coefficient (Wildman–Crippen LogP) is 4.87. The Morgan fingerprint density at radius 2 is 1.72 bits per heavy atom. The van der Waals surface area contributed by atoms with Gasteiger partial charge in [-0.05, 0) is 92.6 Å². The van der Waals surface area contributed by atoms with Crippen LogP contribution < -0.4 is 5.73 Å². The highest BCUT2D eigenvalue weighted by atomic mass is 35.5. The van der Waals surface area contributed by atoms with Crippen LogP contribution in [-0.4, -0.2) is 46.9 Å². The van der Waals surface area contributed by atoms with E-state index in [2.05, 4.69) is 39.9 Å². The number of halogens is 1. The number of aromatic nitrogens is 1. The number of amides is 1. The number of pyridine rings is 1. The van der Waals surface area contributed by atoms with E-state index in [0.29, 0.717) is 17.6 Å². The van der Waals surface area contributed by atoms with E-state index in [4.69, 9.17) is 17.3 Å². The minimum Gasteiger partial charge on any atom is -0.384 e. The summed E-state index contributed by atoms with van der Waals surface area (Å²) < 4.78 is 0. The Kier molecular flexibility index (Phi) is 7.48. The lowest BCUT2D eigenvalue weighted by atomic mass is 9.84. The fourth-order valence-corrected chi connectivity index (χ4v) is 5.26. The molecule has 0 unspecified atom stereocenters. The largest absolute Gasteiger partial charge is 0.384 e. The number of nitrogen functional groups attached to an aromatic ring is 1. The molecule has 0 spiro atoms. The molecule has 170 valence electrons. The van der Waals surface area contributed by atoms with Crippen LogP contribution in [0.15, 0.2) is 48.7 Å². The van der Waals surface area contributed by atoms with Gasteiger partial charge in [-0.2, -0.15) is 0 Å². The number of allylic oxidation sites excluding steroid dienone is 2. The fourth-order valence-electron chi connectivity index (χ4n) is 5.14. The van der Waals surface area contributed by atoms with Crippen LogP contribution in [0.3, 0.4) is 0 Å². The zero-order valence-electron chi connectivity index (χ0n) is 18.8. The van der Waals surface area contributed by atoms with Gasteiger partial charge in [0, 0.05) is 36.8 Å². The van der Waals surface area contributed by atoms with Gasteiger partial charge >= 0.3 is 0 Å². The van der Waals surface area contributed by atoms with Gasteiger partial charge in [0.15, 0.2) is 0 Å². The lowest BCUT2D eigenvalue weighted by Crippen LogP contribution is -2.45. The number of benzene rings is 1. The van der Waals surface area contributed by atoms with Gasteiger partial charge in [-0.1, -0.05) is 29.8 Å². The minimum atomic E-state index is 0.155. The van der Waals surface area contributed by atoms with E-state index in [9.17, 15) is 4.79 Å². The third-order valence-electron chi connectivity index (χ3n) is 6.92. The number of anilines is 1. The molecule has 2 aliphatic heterocycles. The number of hydrogen-bond acceptors (Lipinski definition) is 4. The van der Waals surface area contributed by atoms with E-state index >= 15 is 0 Å². The van der Waals surface area contributed by atoms with Crippen molar-refractivity contribution < 1.29 is 4.79 Å². The smallest absolute Gasteiger partial charge is 0.225 e. The zero-order valence-corrected chi connectivity index (χ0v) is 19.6. The van der Waals surface area contributed by atoms with Gasteiger partial charge < -0.3 is 10.6 Å². The quantitative estimate of drug-likeness (QED) is 0.702. The SMILES string of the molecule is C/C=C(/c1ccc(Cl)cc1)C1CCN(C(=O)C2CCN(Cc3ccnc(N)c3)CC2)CC1. The summed E-state index contributed by atoms with van der Waals surface area (Å²) in [6, 6.07) is 12.1. The lowest BCUT2D eigenvalue weighted by molar-refractivity contribution is -0.138. The van der Waals surface area contributed by atoms with Gasteiger partial charge in [-0.15, -0.1) is 0 Å². The Bertz CT molecular complexity index is 943. The number of piperidine rings is 2. The molecule has 32 heavy (non-hydrogen) atoms. The number of carbonyl (C=O) groups excluding carboxylic acids is 1. The highest BCUT2D eigenvalue weighted by Gasteiger charge is 2.31. The second-order valence-corrected chi connectivity index (χ2v) is 9.43. The average molecular weight is 453 g/mol. The molecule has 0 radical (unpaired) electrons. The highest BCUT2D eigenvalue weighted by molar-refractivity contribution is 6.30. The summed E-state index contributed by atoms with van der Waals surface area (Å²) in [5.74, 6) is 1.57. The second-order valence-electron chi connectivity index (χ2n) is 8.99. The fraction of sp³-hybridized carbons (Fsp3) is 0.462. The molecule has 2 fully saturated rings. The zero-order chi connectivity index (χ0) is 22.5. The summed E-state index contributed by atoms with van der Waals surface area (Å²) >= 11 is 6.05. The van der Waals surface area contributed by atoms with E-state index in [1.54, 1.807) is 6.20 Å². The first-order valence-electron chi connectivity index (χ1n) is 11.7. The maximum absolute atomic E-state index is 13.2. The van der Waals surface area contributed by atoms with Crippen molar-refractivity contribution in [1.82, 2.24) is 14.8 Å². The number of hydrogen-bond donors (Lipinski definition) is 1. The van der Waals surface area contributed by atoms with Crippen molar-refractivity contribution in [3.63, 3.8) is 0 Å². The molecular weight excluding hydrogens is 420 g/mol. The Balaban J connectivity index is 1.26. The molecule has 1 aromatic heterocycles. The van der Waals surface area contributed by atoms with Crippen molar-refractivity contribution >= 4 is 28.9 Å². The second kappa shape index (κ2) is 10.5.